The zero-order chi connectivity index (χ0) is 20.2. The van der Waals surface area contributed by atoms with Crippen LogP contribution in [0.15, 0.2) is 58.8 Å². The molecule has 1 N–H and O–H groups in total. The molecule has 150 valence electrons. The Hall–Kier alpha value is -2.58. The maximum absolute atomic E-state index is 12.6. The molecule has 0 unspecified atom stereocenters. The van der Waals surface area contributed by atoms with Crippen molar-refractivity contribution in [3.05, 3.63) is 54.4 Å². The molecule has 2 aromatic carbocycles. The highest BCUT2D eigenvalue weighted by atomic mass is 32.2. The second-order valence-corrected chi connectivity index (χ2v) is 8.19. The van der Waals surface area contributed by atoms with Gasteiger partial charge in [-0.25, -0.2) is 4.98 Å². The van der Waals surface area contributed by atoms with Crippen LogP contribution in [0.3, 0.4) is 0 Å². The number of carbonyl (C=O) groups excluding carboxylic acids is 1. The number of rotatable bonds is 6. The van der Waals surface area contributed by atoms with Crippen molar-refractivity contribution in [3.63, 3.8) is 0 Å². The van der Waals surface area contributed by atoms with Crippen LogP contribution in [0.1, 0.15) is 5.56 Å². The van der Waals surface area contributed by atoms with E-state index in [1.54, 1.807) is 18.0 Å². The number of amides is 1. The van der Waals surface area contributed by atoms with Gasteiger partial charge in [0.1, 0.15) is 13.2 Å². The third kappa shape index (κ3) is 4.38. The van der Waals surface area contributed by atoms with Crippen molar-refractivity contribution in [2.24, 2.45) is 0 Å². The van der Waals surface area contributed by atoms with Gasteiger partial charge in [0.05, 0.1) is 17.1 Å². The fourth-order valence-electron chi connectivity index (χ4n) is 3.07. The lowest BCUT2D eigenvalue weighted by molar-refractivity contribution is -0.113. The minimum Gasteiger partial charge on any atom is -0.486 e. The summed E-state index contributed by atoms with van der Waals surface area (Å²) in [5.74, 6) is 1.53. The summed E-state index contributed by atoms with van der Waals surface area (Å²) in [6.45, 7) is 3.11. The van der Waals surface area contributed by atoms with Crippen molar-refractivity contribution in [1.29, 1.82) is 0 Å². The number of benzene rings is 2. The van der Waals surface area contributed by atoms with Gasteiger partial charge in [-0.3, -0.25) is 9.36 Å². The number of ether oxygens (including phenoxy) is 2. The fourth-order valence-corrected chi connectivity index (χ4v) is 4.39. The maximum Gasteiger partial charge on any atom is 0.234 e. The highest BCUT2D eigenvalue weighted by Gasteiger charge is 2.17. The van der Waals surface area contributed by atoms with Gasteiger partial charge in [-0.05, 0) is 30.9 Å². The molecular weight excluding hydrogens is 406 g/mol. The molecule has 0 atom stereocenters. The molecule has 1 aliphatic heterocycles. The lowest BCUT2D eigenvalue weighted by atomic mass is 10.2. The van der Waals surface area contributed by atoms with Gasteiger partial charge in [-0.1, -0.05) is 30.0 Å². The first-order valence-electron chi connectivity index (χ1n) is 9.15. The first-order valence-corrected chi connectivity index (χ1v) is 11.4. The van der Waals surface area contributed by atoms with E-state index in [1.807, 2.05) is 47.4 Å². The van der Waals surface area contributed by atoms with Gasteiger partial charge in [0.2, 0.25) is 5.91 Å². The standard InChI is InChI=1S/C21H21N3O3S2/c1-14-5-3-4-6-16(14)24-8-7-22-21(24)29-13-20(25)23-15-11-17-18(12-19(15)28-2)27-10-9-26-17/h3-8,11-12H,9-10,13H2,1-2H3,(H,23,25). The Morgan fingerprint density at radius 1 is 1.21 bits per heavy atom. The molecule has 0 bridgehead atoms. The largest absolute Gasteiger partial charge is 0.486 e. The average molecular weight is 428 g/mol. The minimum atomic E-state index is -0.0960. The summed E-state index contributed by atoms with van der Waals surface area (Å²) in [7, 11) is 0. The quantitative estimate of drug-likeness (QED) is 0.588. The van der Waals surface area contributed by atoms with Gasteiger partial charge in [0.15, 0.2) is 16.7 Å². The summed E-state index contributed by atoms with van der Waals surface area (Å²) in [5.41, 5.74) is 2.94. The van der Waals surface area contributed by atoms with Crippen LogP contribution in [0.2, 0.25) is 0 Å². The van der Waals surface area contributed by atoms with Crippen LogP contribution >= 0.6 is 23.5 Å². The molecule has 0 saturated carbocycles. The minimum absolute atomic E-state index is 0.0960. The van der Waals surface area contributed by atoms with E-state index in [1.165, 1.54) is 11.8 Å². The summed E-state index contributed by atoms with van der Waals surface area (Å²) in [6.07, 6.45) is 5.63. The molecule has 6 nitrogen and oxygen atoms in total. The van der Waals surface area contributed by atoms with E-state index in [0.29, 0.717) is 24.7 Å². The summed E-state index contributed by atoms with van der Waals surface area (Å²) in [6, 6.07) is 11.8. The third-order valence-electron chi connectivity index (χ3n) is 4.45. The first-order chi connectivity index (χ1) is 14.2. The smallest absolute Gasteiger partial charge is 0.234 e. The van der Waals surface area contributed by atoms with Crippen LogP contribution in [0, 0.1) is 6.92 Å². The van der Waals surface area contributed by atoms with Crippen LogP contribution in [-0.4, -0.2) is 40.7 Å². The van der Waals surface area contributed by atoms with E-state index in [0.717, 1.165) is 27.0 Å². The van der Waals surface area contributed by atoms with Crippen molar-refractivity contribution in [2.75, 3.05) is 30.5 Å². The molecule has 0 spiro atoms. The highest BCUT2D eigenvalue weighted by molar-refractivity contribution is 7.99. The van der Waals surface area contributed by atoms with E-state index in [2.05, 4.69) is 23.3 Å². The Morgan fingerprint density at radius 3 is 2.72 bits per heavy atom. The summed E-state index contributed by atoms with van der Waals surface area (Å²) < 4.78 is 13.3. The molecule has 0 aliphatic carbocycles. The van der Waals surface area contributed by atoms with Crippen LogP contribution < -0.4 is 14.8 Å². The van der Waals surface area contributed by atoms with E-state index >= 15 is 0 Å². The molecule has 3 aromatic rings. The van der Waals surface area contributed by atoms with Crippen molar-refractivity contribution < 1.29 is 14.3 Å². The molecule has 1 aliphatic rings. The Bertz CT molecular complexity index is 1040. The van der Waals surface area contributed by atoms with Crippen LogP contribution in [0.4, 0.5) is 5.69 Å². The molecule has 4 rings (SSSR count). The molecule has 29 heavy (non-hydrogen) atoms. The van der Waals surface area contributed by atoms with E-state index in [4.69, 9.17) is 9.47 Å². The van der Waals surface area contributed by atoms with Gasteiger partial charge >= 0.3 is 0 Å². The van der Waals surface area contributed by atoms with Crippen molar-refractivity contribution in [3.8, 4) is 17.2 Å². The molecule has 1 amide bonds. The monoisotopic (exact) mass is 427 g/mol. The zero-order valence-corrected chi connectivity index (χ0v) is 17.8. The molecule has 0 radical (unpaired) electrons. The number of carbonyl (C=O) groups is 1. The van der Waals surface area contributed by atoms with Crippen LogP contribution in [0.25, 0.3) is 5.69 Å². The predicted molar refractivity (Wildman–Crippen MR) is 117 cm³/mol. The van der Waals surface area contributed by atoms with Gasteiger partial charge in [-0.15, -0.1) is 11.8 Å². The summed E-state index contributed by atoms with van der Waals surface area (Å²) >= 11 is 2.96. The Kier molecular flexibility index (Phi) is 6.01. The number of hydrogen-bond donors (Lipinski definition) is 1. The van der Waals surface area contributed by atoms with Gasteiger partial charge in [-0.2, -0.15) is 0 Å². The Balaban J connectivity index is 1.46. The topological polar surface area (TPSA) is 65.4 Å². The lowest BCUT2D eigenvalue weighted by Crippen LogP contribution is -2.18. The number of aryl methyl sites for hydroxylation is 1. The molecule has 1 aromatic heterocycles. The predicted octanol–water partition coefficient (Wildman–Crippen LogP) is 4.40. The van der Waals surface area contributed by atoms with Crippen molar-refractivity contribution in [1.82, 2.24) is 9.55 Å². The molecule has 0 saturated heterocycles. The Morgan fingerprint density at radius 2 is 1.97 bits per heavy atom. The number of anilines is 1. The second-order valence-electron chi connectivity index (χ2n) is 6.40. The van der Waals surface area contributed by atoms with Gasteiger partial charge < -0.3 is 14.8 Å². The normalized spacial score (nSPS) is 12.6. The van der Waals surface area contributed by atoms with Crippen LogP contribution in [-0.2, 0) is 4.79 Å². The number of aromatic nitrogens is 2. The summed E-state index contributed by atoms with van der Waals surface area (Å²) in [4.78, 5) is 18.0. The molecule has 8 heteroatoms. The number of nitrogens with one attached hydrogen (secondary N) is 1. The number of hydrogen-bond acceptors (Lipinski definition) is 6. The van der Waals surface area contributed by atoms with E-state index in [-0.39, 0.29) is 11.7 Å². The fraction of sp³-hybridized carbons (Fsp3) is 0.238. The van der Waals surface area contributed by atoms with Crippen LogP contribution in [0.5, 0.6) is 11.5 Å². The average Bonchev–Trinajstić information content (AvgIpc) is 3.20. The maximum atomic E-state index is 12.6. The summed E-state index contributed by atoms with van der Waals surface area (Å²) in [5, 5.41) is 3.77. The number of nitrogens with zero attached hydrogens (tertiary/aromatic N) is 2. The molecule has 2 heterocycles. The van der Waals surface area contributed by atoms with Crippen molar-refractivity contribution >= 4 is 35.1 Å². The molecular formula is C21H21N3O3S2. The first kappa shape index (κ1) is 19.7. The van der Waals surface area contributed by atoms with Gasteiger partial charge in [0, 0.05) is 23.4 Å². The lowest BCUT2D eigenvalue weighted by Gasteiger charge is -2.21. The number of thioether (sulfide) groups is 2. The zero-order valence-electron chi connectivity index (χ0n) is 16.2. The SMILES string of the molecule is CSc1cc2c(cc1NC(=O)CSc1nccn1-c1ccccc1C)OCCO2. The third-order valence-corrected chi connectivity index (χ3v) is 6.20. The number of fused-ring (bicyclic) bond motifs is 1. The number of para-hydroxylation sites is 1. The highest BCUT2D eigenvalue weighted by Crippen LogP contribution is 2.39. The number of imidazole rings is 1. The van der Waals surface area contributed by atoms with Crippen molar-refractivity contribution in [2.45, 2.75) is 17.0 Å². The Labute approximate surface area is 178 Å². The van der Waals surface area contributed by atoms with E-state index in [9.17, 15) is 4.79 Å². The van der Waals surface area contributed by atoms with E-state index < -0.39 is 0 Å². The second kappa shape index (κ2) is 8.84. The van der Waals surface area contributed by atoms with Gasteiger partial charge in [0.25, 0.3) is 0 Å². The molecule has 0 fully saturated rings.